The Morgan fingerprint density at radius 3 is 2.95 bits per heavy atom. The summed E-state index contributed by atoms with van der Waals surface area (Å²) in [5.74, 6) is -0.761. The van der Waals surface area contributed by atoms with Gasteiger partial charge < -0.3 is 10.1 Å². The average molecular weight is 272 g/mol. The van der Waals surface area contributed by atoms with Gasteiger partial charge >= 0.3 is 5.97 Å². The van der Waals surface area contributed by atoms with E-state index in [-0.39, 0.29) is 0 Å². The fourth-order valence-corrected chi connectivity index (χ4v) is 3.28. The number of fused-ring (bicyclic) bond motifs is 1. The topological polar surface area (TPSA) is 56.3 Å². The van der Waals surface area contributed by atoms with E-state index in [1.54, 1.807) is 0 Å². The van der Waals surface area contributed by atoms with Crippen molar-refractivity contribution in [2.24, 2.45) is 0 Å². The monoisotopic (exact) mass is 272 g/mol. The SMILES string of the molecule is CC1CCCCN1C(C(=O)O)c1c[nH]c2ccccc12. The van der Waals surface area contributed by atoms with E-state index < -0.39 is 12.0 Å². The van der Waals surface area contributed by atoms with Crippen LogP contribution in [0.15, 0.2) is 30.5 Å². The molecule has 1 aliphatic heterocycles. The van der Waals surface area contributed by atoms with E-state index in [1.807, 2.05) is 30.5 Å². The third-order valence-corrected chi connectivity index (χ3v) is 4.34. The molecule has 2 atom stereocenters. The smallest absolute Gasteiger partial charge is 0.325 e. The lowest BCUT2D eigenvalue weighted by Crippen LogP contribution is -2.43. The molecule has 3 rings (SSSR count). The minimum atomic E-state index is -0.761. The summed E-state index contributed by atoms with van der Waals surface area (Å²) in [4.78, 5) is 17.1. The van der Waals surface area contributed by atoms with E-state index in [1.165, 1.54) is 6.42 Å². The predicted octanol–water partition coefficient (Wildman–Crippen LogP) is 3.17. The van der Waals surface area contributed by atoms with Crippen molar-refractivity contribution in [2.45, 2.75) is 38.3 Å². The normalized spacial score (nSPS) is 21.9. The van der Waals surface area contributed by atoms with Gasteiger partial charge in [-0.25, -0.2) is 0 Å². The molecular formula is C16H20N2O2. The Morgan fingerprint density at radius 1 is 1.40 bits per heavy atom. The molecule has 20 heavy (non-hydrogen) atoms. The summed E-state index contributed by atoms with van der Waals surface area (Å²) in [7, 11) is 0. The summed E-state index contributed by atoms with van der Waals surface area (Å²) in [5, 5.41) is 10.7. The molecule has 2 heterocycles. The number of H-pyrrole nitrogens is 1. The largest absolute Gasteiger partial charge is 0.480 e. The Bertz CT molecular complexity index is 620. The molecule has 0 bridgehead atoms. The highest BCUT2D eigenvalue weighted by Crippen LogP contribution is 2.32. The summed E-state index contributed by atoms with van der Waals surface area (Å²) in [6.45, 7) is 2.99. The molecule has 1 aromatic heterocycles. The second-order valence-corrected chi connectivity index (χ2v) is 5.61. The van der Waals surface area contributed by atoms with Gasteiger partial charge in [0.15, 0.2) is 0 Å². The first-order valence-electron chi connectivity index (χ1n) is 7.23. The Kier molecular flexibility index (Phi) is 3.49. The van der Waals surface area contributed by atoms with Gasteiger partial charge in [-0.05, 0) is 32.4 Å². The molecule has 0 radical (unpaired) electrons. The number of carbonyl (C=O) groups is 1. The highest BCUT2D eigenvalue weighted by atomic mass is 16.4. The standard InChI is InChI=1S/C16H20N2O2/c1-11-6-4-5-9-18(11)15(16(19)20)13-10-17-14-8-3-2-7-12(13)14/h2-3,7-8,10-11,15,17H,4-6,9H2,1H3,(H,19,20). The van der Waals surface area contributed by atoms with Crippen molar-refractivity contribution in [3.63, 3.8) is 0 Å². The maximum absolute atomic E-state index is 11.8. The van der Waals surface area contributed by atoms with Crippen molar-refractivity contribution in [3.8, 4) is 0 Å². The zero-order valence-electron chi connectivity index (χ0n) is 11.7. The van der Waals surface area contributed by atoms with Crippen molar-refractivity contribution in [1.29, 1.82) is 0 Å². The van der Waals surface area contributed by atoms with Gasteiger partial charge in [0.25, 0.3) is 0 Å². The second kappa shape index (κ2) is 5.29. The number of rotatable bonds is 3. The van der Waals surface area contributed by atoms with Crippen LogP contribution in [-0.2, 0) is 4.79 Å². The number of aromatic nitrogens is 1. The van der Waals surface area contributed by atoms with E-state index in [9.17, 15) is 9.90 Å². The lowest BCUT2D eigenvalue weighted by atomic mass is 9.97. The van der Waals surface area contributed by atoms with Crippen molar-refractivity contribution >= 4 is 16.9 Å². The number of nitrogens with one attached hydrogen (secondary N) is 1. The Hall–Kier alpha value is -1.81. The third-order valence-electron chi connectivity index (χ3n) is 4.34. The molecule has 2 N–H and O–H groups in total. The molecule has 2 unspecified atom stereocenters. The molecule has 2 aromatic rings. The van der Waals surface area contributed by atoms with Crippen LogP contribution in [0.3, 0.4) is 0 Å². The summed E-state index contributed by atoms with van der Waals surface area (Å²) < 4.78 is 0. The molecule has 0 spiro atoms. The van der Waals surface area contributed by atoms with Crippen LogP contribution in [0, 0.1) is 0 Å². The number of aliphatic carboxylic acids is 1. The highest BCUT2D eigenvalue weighted by molar-refractivity contribution is 5.89. The van der Waals surface area contributed by atoms with Crippen molar-refractivity contribution in [1.82, 2.24) is 9.88 Å². The van der Waals surface area contributed by atoms with E-state index in [4.69, 9.17) is 0 Å². The lowest BCUT2D eigenvalue weighted by Gasteiger charge is -2.37. The number of likely N-dealkylation sites (tertiary alicyclic amines) is 1. The van der Waals surface area contributed by atoms with Crippen LogP contribution in [0.25, 0.3) is 10.9 Å². The molecule has 1 aliphatic rings. The number of carboxylic acid groups (broad SMARTS) is 1. The Morgan fingerprint density at radius 2 is 2.20 bits per heavy atom. The van der Waals surface area contributed by atoms with Crippen molar-refractivity contribution < 1.29 is 9.90 Å². The van der Waals surface area contributed by atoms with Crippen LogP contribution in [-0.4, -0.2) is 33.5 Å². The van der Waals surface area contributed by atoms with Crippen LogP contribution in [0.2, 0.25) is 0 Å². The molecular weight excluding hydrogens is 252 g/mol. The summed E-state index contributed by atoms with van der Waals surface area (Å²) in [6.07, 6.45) is 5.20. The van der Waals surface area contributed by atoms with Gasteiger partial charge in [-0.15, -0.1) is 0 Å². The summed E-state index contributed by atoms with van der Waals surface area (Å²) >= 11 is 0. The number of para-hydroxylation sites is 1. The third kappa shape index (κ3) is 2.20. The first-order chi connectivity index (χ1) is 9.68. The number of hydrogen-bond acceptors (Lipinski definition) is 2. The number of carboxylic acids is 1. The molecule has 1 aromatic carbocycles. The fourth-order valence-electron chi connectivity index (χ4n) is 3.28. The zero-order chi connectivity index (χ0) is 14.1. The van der Waals surface area contributed by atoms with Crippen LogP contribution in [0.5, 0.6) is 0 Å². The lowest BCUT2D eigenvalue weighted by molar-refractivity contribution is -0.145. The van der Waals surface area contributed by atoms with Gasteiger partial charge in [0.1, 0.15) is 6.04 Å². The maximum Gasteiger partial charge on any atom is 0.325 e. The number of nitrogens with zero attached hydrogens (tertiary/aromatic N) is 1. The van der Waals surface area contributed by atoms with E-state index in [0.717, 1.165) is 35.9 Å². The minimum Gasteiger partial charge on any atom is -0.480 e. The number of aromatic amines is 1. The average Bonchev–Trinajstić information content (AvgIpc) is 2.85. The van der Waals surface area contributed by atoms with Crippen molar-refractivity contribution in [3.05, 3.63) is 36.0 Å². The Balaban J connectivity index is 2.04. The van der Waals surface area contributed by atoms with Gasteiger partial charge in [-0.3, -0.25) is 9.69 Å². The molecule has 0 aliphatic carbocycles. The van der Waals surface area contributed by atoms with Gasteiger partial charge in [0, 0.05) is 28.7 Å². The quantitative estimate of drug-likeness (QED) is 0.902. The van der Waals surface area contributed by atoms with E-state index in [2.05, 4.69) is 16.8 Å². The Labute approximate surface area is 118 Å². The van der Waals surface area contributed by atoms with Crippen LogP contribution in [0.4, 0.5) is 0 Å². The minimum absolute atomic E-state index is 0.318. The molecule has 0 amide bonds. The van der Waals surface area contributed by atoms with Gasteiger partial charge in [-0.2, -0.15) is 0 Å². The first-order valence-corrected chi connectivity index (χ1v) is 7.23. The fraction of sp³-hybridized carbons (Fsp3) is 0.438. The number of piperidine rings is 1. The molecule has 1 fully saturated rings. The second-order valence-electron chi connectivity index (χ2n) is 5.61. The van der Waals surface area contributed by atoms with Crippen LogP contribution < -0.4 is 0 Å². The molecule has 106 valence electrons. The predicted molar refractivity (Wildman–Crippen MR) is 78.7 cm³/mol. The first kappa shape index (κ1) is 13.2. The van der Waals surface area contributed by atoms with Gasteiger partial charge in [-0.1, -0.05) is 24.6 Å². The summed E-state index contributed by atoms with van der Waals surface area (Å²) in [6, 6.07) is 7.66. The molecule has 4 nitrogen and oxygen atoms in total. The van der Waals surface area contributed by atoms with Crippen LogP contribution in [0.1, 0.15) is 37.8 Å². The summed E-state index contributed by atoms with van der Waals surface area (Å²) in [5.41, 5.74) is 1.88. The van der Waals surface area contributed by atoms with E-state index in [0.29, 0.717) is 6.04 Å². The van der Waals surface area contributed by atoms with Crippen LogP contribution >= 0.6 is 0 Å². The van der Waals surface area contributed by atoms with Crippen molar-refractivity contribution in [2.75, 3.05) is 6.54 Å². The molecule has 4 heteroatoms. The highest BCUT2D eigenvalue weighted by Gasteiger charge is 2.33. The number of benzene rings is 1. The number of hydrogen-bond donors (Lipinski definition) is 2. The van der Waals surface area contributed by atoms with E-state index >= 15 is 0 Å². The van der Waals surface area contributed by atoms with Gasteiger partial charge in [0.05, 0.1) is 0 Å². The zero-order valence-corrected chi connectivity index (χ0v) is 11.7. The maximum atomic E-state index is 11.8. The molecule has 0 saturated carbocycles. The van der Waals surface area contributed by atoms with Gasteiger partial charge in [0.2, 0.25) is 0 Å². The molecule has 1 saturated heterocycles.